The quantitative estimate of drug-likeness (QED) is 0.362. The fraction of sp³-hybridized carbons (Fsp3) is 0.238. The number of furan rings is 1. The molecular weight excluding hydrogens is 442 g/mol. The summed E-state index contributed by atoms with van der Waals surface area (Å²) in [5, 5.41) is 11.4. The number of carbonyl (C=O) groups excluding carboxylic acids is 3. The normalized spacial score (nSPS) is 14.3. The Hall–Kier alpha value is -3.97. The Kier molecular flexibility index (Phi) is 7.02. The number of carbonyl (C=O) groups is 3. The van der Waals surface area contributed by atoms with Crippen LogP contribution in [0.25, 0.3) is 6.08 Å². The number of amides is 3. The zero-order valence-electron chi connectivity index (χ0n) is 17.1. The molecule has 2 heterocycles. The van der Waals surface area contributed by atoms with Crippen LogP contribution in [0.1, 0.15) is 28.8 Å². The molecule has 0 atom stereocenters. The first-order valence-corrected chi connectivity index (χ1v) is 9.73. The van der Waals surface area contributed by atoms with Crippen LogP contribution in [0, 0.1) is 11.3 Å². The fourth-order valence-corrected chi connectivity index (χ4v) is 3.16. The number of hydrogen-bond donors (Lipinski definition) is 1. The molecule has 166 valence electrons. The number of benzene rings is 1. The lowest BCUT2D eigenvalue weighted by Gasteiger charge is -2.13. The van der Waals surface area contributed by atoms with Crippen molar-refractivity contribution in [2.75, 3.05) is 20.3 Å². The summed E-state index contributed by atoms with van der Waals surface area (Å²) in [6, 6.07) is 7.16. The van der Waals surface area contributed by atoms with Crippen LogP contribution in [0.3, 0.4) is 0 Å². The Labute approximate surface area is 187 Å². The van der Waals surface area contributed by atoms with Crippen LogP contribution in [0.2, 0.25) is 5.02 Å². The molecule has 0 aliphatic carbocycles. The molecule has 1 aliphatic rings. The van der Waals surface area contributed by atoms with Gasteiger partial charge in [-0.3, -0.25) is 9.69 Å². The van der Waals surface area contributed by atoms with Gasteiger partial charge in [0.2, 0.25) is 5.76 Å². The Morgan fingerprint density at radius 2 is 2.09 bits per heavy atom. The number of nitriles is 1. The number of nitrogens with one attached hydrogen (secondary N) is 1. The second-order valence-corrected chi connectivity index (χ2v) is 6.75. The molecule has 11 heteroatoms. The third-order valence-corrected chi connectivity index (χ3v) is 4.53. The molecule has 32 heavy (non-hydrogen) atoms. The molecule has 1 aromatic carbocycles. The minimum absolute atomic E-state index is 0.0129. The second kappa shape index (κ2) is 9.89. The summed E-state index contributed by atoms with van der Waals surface area (Å²) < 4.78 is 20.7. The van der Waals surface area contributed by atoms with Crippen molar-refractivity contribution in [2.45, 2.75) is 13.5 Å². The summed E-state index contributed by atoms with van der Waals surface area (Å²) in [5.41, 5.74) is 0.484. The van der Waals surface area contributed by atoms with Crippen molar-refractivity contribution >= 4 is 35.6 Å². The number of urea groups is 1. The molecule has 3 rings (SSSR count). The number of halogens is 1. The molecular formula is C21H18ClN3O7. The topological polar surface area (TPSA) is 131 Å². The smallest absolute Gasteiger partial charge is 0.373 e. The largest absolute Gasteiger partial charge is 0.490 e. The first-order valence-electron chi connectivity index (χ1n) is 9.35. The number of methoxy groups -OCH3 is 1. The molecule has 2 aromatic rings. The van der Waals surface area contributed by atoms with Crippen LogP contribution in [0.5, 0.6) is 11.5 Å². The molecule has 1 fully saturated rings. The van der Waals surface area contributed by atoms with Gasteiger partial charge in [-0.1, -0.05) is 11.6 Å². The molecule has 10 nitrogen and oxygen atoms in total. The number of esters is 1. The van der Waals surface area contributed by atoms with E-state index in [0.29, 0.717) is 17.9 Å². The van der Waals surface area contributed by atoms with Gasteiger partial charge in [0.1, 0.15) is 17.5 Å². The summed E-state index contributed by atoms with van der Waals surface area (Å²) in [4.78, 5) is 37.5. The molecule has 3 amide bonds. The number of nitrogens with zero attached hydrogens (tertiary/aromatic N) is 2. The number of rotatable bonds is 8. The number of ether oxygens (including phenoxy) is 3. The predicted octanol–water partition coefficient (Wildman–Crippen LogP) is 3.11. The predicted molar refractivity (Wildman–Crippen MR) is 111 cm³/mol. The van der Waals surface area contributed by atoms with Crippen molar-refractivity contribution in [3.05, 3.63) is 52.1 Å². The molecule has 0 radical (unpaired) electrons. The van der Waals surface area contributed by atoms with Gasteiger partial charge >= 0.3 is 12.0 Å². The van der Waals surface area contributed by atoms with Crippen molar-refractivity contribution in [2.24, 2.45) is 0 Å². The minimum Gasteiger partial charge on any atom is -0.490 e. The van der Waals surface area contributed by atoms with E-state index < -0.39 is 17.9 Å². The highest BCUT2D eigenvalue weighted by Crippen LogP contribution is 2.37. The van der Waals surface area contributed by atoms with Gasteiger partial charge in [-0.05, 0) is 42.8 Å². The fourth-order valence-electron chi connectivity index (χ4n) is 2.89. The third kappa shape index (κ3) is 4.84. The van der Waals surface area contributed by atoms with Crippen molar-refractivity contribution in [3.8, 4) is 17.6 Å². The summed E-state index contributed by atoms with van der Waals surface area (Å²) in [6.45, 7) is 1.70. The highest BCUT2D eigenvalue weighted by atomic mass is 35.5. The van der Waals surface area contributed by atoms with Crippen LogP contribution < -0.4 is 14.8 Å². The van der Waals surface area contributed by atoms with E-state index >= 15 is 0 Å². The molecule has 0 unspecified atom stereocenters. The Balaban J connectivity index is 1.83. The highest BCUT2D eigenvalue weighted by molar-refractivity contribution is 6.32. The SMILES string of the molecule is CCOc1cc(C=C2NC(=O)N(Cc3ccc(C(=O)OC)o3)C2=O)cc(Cl)c1OCC#N. The molecule has 0 spiro atoms. The van der Waals surface area contributed by atoms with Crippen molar-refractivity contribution in [1.82, 2.24) is 10.2 Å². The first kappa shape index (κ1) is 22.7. The van der Waals surface area contributed by atoms with Gasteiger partial charge < -0.3 is 23.9 Å². The van der Waals surface area contributed by atoms with E-state index in [9.17, 15) is 14.4 Å². The van der Waals surface area contributed by atoms with Gasteiger partial charge in [-0.25, -0.2) is 9.59 Å². The molecule has 1 aromatic heterocycles. The van der Waals surface area contributed by atoms with E-state index in [0.717, 1.165) is 4.90 Å². The highest BCUT2D eigenvalue weighted by Gasteiger charge is 2.34. The van der Waals surface area contributed by atoms with E-state index in [2.05, 4.69) is 10.1 Å². The Morgan fingerprint density at radius 3 is 2.78 bits per heavy atom. The maximum absolute atomic E-state index is 12.7. The van der Waals surface area contributed by atoms with Gasteiger partial charge in [0.05, 0.1) is 25.3 Å². The Morgan fingerprint density at radius 1 is 1.31 bits per heavy atom. The second-order valence-electron chi connectivity index (χ2n) is 6.35. The van der Waals surface area contributed by atoms with Crippen LogP contribution >= 0.6 is 11.6 Å². The van der Waals surface area contributed by atoms with E-state index in [1.807, 2.05) is 6.07 Å². The molecule has 0 saturated carbocycles. The number of imide groups is 1. The zero-order valence-corrected chi connectivity index (χ0v) is 17.9. The average Bonchev–Trinajstić information content (AvgIpc) is 3.33. The van der Waals surface area contributed by atoms with Gasteiger partial charge in [-0.15, -0.1) is 0 Å². The van der Waals surface area contributed by atoms with Crippen LogP contribution in [0.4, 0.5) is 4.79 Å². The van der Waals surface area contributed by atoms with E-state index in [4.69, 9.17) is 30.8 Å². The zero-order chi connectivity index (χ0) is 23.3. The molecule has 1 N–H and O–H groups in total. The maximum Gasteiger partial charge on any atom is 0.373 e. The monoisotopic (exact) mass is 459 g/mol. The molecule has 0 bridgehead atoms. The van der Waals surface area contributed by atoms with Crippen molar-refractivity contribution in [3.63, 3.8) is 0 Å². The summed E-state index contributed by atoms with van der Waals surface area (Å²) in [6.07, 6.45) is 1.44. The van der Waals surface area contributed by atoms with Gasteiger partial charge in [0, 0.05) is 0 Å². The Bertz CT molecular complexity index is 1130. The van der Waals surface area contributed by atoms with Gasteiger partial charge in [-0.2, -0.15) is 5.26 Å². The van der Waals surface area contributed by atoms with Gasteiger partial charge in [0.15, 0.2) is 18.1 Å². The lowest BCUT2D eigenvalue weighted by Crippen LogP contribution is -2.30. The maximum atomic E-state index is 12.7. The van der Waals surface area contributed by atoms with Crippen LogP contribution in [0.15, 0.2) is 34.4 Å². The molecule has 1 aliphatic heterocycles. The molecule has 1 saturated heterocycles. The summed E-state index contributed by atoms with van der Waals surface area (Å²) >= 11 is 6.26. The van der Waals surface area contributed by atoms with E-state index in [1.165, 1.54) is 31.4 Å². The van der Waals surface area contributed by atoms with Crippen molar-refractivity contribution < 1.29 is 33.0 Å². The van der Waals surface area contributed by atoms with E-state index in [1.54, 1.807) is 13.0 Å². The lowest BCUT2D eigenvalue weighted by molar-refractivity contribution is -0.123. The minimum atomic E-state index is -0.668. The first-order chi connectivity index (χ1) is 15.4. The average molecular weight is 460 g/mol. The van der Waals surface area contributed by atoms with E-state index in [-0.39, 0.29) is 41.1 Å². The standard InChI is InChI=1S/C21H18ClN3O7/c1-3-30-17-10-12(8-14(22)18(17)31-7-6-23)9-15-19(26)25(21(28)24-15)11-13-4-5-16(32-13)20(27)29-2/h4-5,8-10H,3,7,11H2,1-2H3,(H,24,28). The summed E-state index contributed by atoms with van der Waals surface area (Å²) in [7, 11) is 1.21. The van der Waals surface area contributed by atoms with Gasteiger partial charge in [0.25, 0.3) is 5.91 Å². The lowest BCUT2D eigenvalue weighted by atomic mass is 10.1. The van der Waals surface area contributed by atoms with Crippen LogP contribution in [-0.4, -0.2) is 43.1 Å². The number of hydrogen-bond acceptors (Lipinski definition) is 8. The summed E-state index contributed by atoms with van der Waals surface area (Å²) in [5.74, 6) is -0.567. The third-order valence-electron chi connectivity index (χ3n) is 4.25. The van der Waals surface area contributed by atoms with Crippen LogP contribution in [-0.2, 0) is 16.1 Å². The van der Waals surface area contributed by atoms with Crippen molar-refractivity contribution in [1.29, 1.82) is 5.26 Å².